The summed E-state index contributed by atoms with van der Waals surface area (Å²) in [6, 6.07) is 5.23. The second-order valence-corrected chi connectivity index (χ2v) is 4.47. The third-order valence-electron chi connectivity index (χ3n) is 2.41. The number of carbonyl (C=O) groups excluding carboxylic acids is 1. The van der Waals surface area contributed by atoms with Gasteiger partial charge in [0.05, 0.1) is 15.5 Å². The fraction of sp³-hybridized carbons (Fsp3) is 0.250. The minimum atomic E-state index is -0.573. The number of benzene rings is 1. The molecule has 0 saturated heterocycles. The maximum absolute atomic E-state index is 11.1. The molecule has 0 aromatic heterocycles. The number of halogens is 2. The van der Waals surface area contributed by atoms with E-state index in [9.17, 15) is 4.79 Å². The topological polar surface area (TPSA) is 17.1 Å². The molecule has 0 bridgehead atoms. The smallest absolute Gasteiger partial charge is 0.130 e. The third kappa shape index (κ3) is 2.61. The highest BCUT2D eigenvalue weighted by Gasteiger charge is 2.24. The summed E-state index contributed by atoms with van der Waals surface area (Å²) >= 11 is 11.7. The van der Waals surface area contributed by atoms with E-state index < -0.39 is 5.41 Å². The summed E-state index contributed by atoms with van der Waals surface area (Å²) in [7, 11) is 0. The van der Waals surface area contributed by atoms with Gasteiger partial charge in [-0.3, -0.25) is 0 Å². The van der Waals surface area contributed by atoms with Crippen molar-refractivity contribution in [1.29, 1.82) is 0 Å². The molecular formula is C12H12Cl2O. The van der Waals surface area contributed by atoms with Gasteiger partial charge in [-0.2, -0.15) is 0 Å². The van der Waals surface area contributed by atoms with E-state index in [1.807, 2.05) is 13.0 Å². The first-order valence-electron chi connectivity index (χ1n) is 4.56. The molecule has 1 rings (SSSR count). The van der Waals surface area contributed by atoms with Crippen LogP contribution in [0.1, 0.15) is 18.9 Å². The third-order valence-corrected chi connectivity index (χ3v) is 3.15. The van der Waals surface area contributed by atoms with Gasteiger partial charge >= 0.3 is 0 Å². The maximum Gasteiger partial charge on any atom is 0.130 e. The van der Waals surface area contributed by atoms with E-state index in [-0.39, 0.29) is 0 Å². The summed E-state index contributed by atoms with van der Waals surface area (Å²) in [5, 5.41) is 0.957. The van der Waals surface area contributed by atoms with Crippen LogP contribution < -0.4 is 0 Å². The van der Waals surface area contributed by atoms with Crippen LogP contribution >= 0.6 is 23.2 Å². The molecule has 1 unspecified atom stereocenters. The van der Waals surface area contributed by atoms with Crippen molar-refractivity contribution in [1.82, 2.24) is 0 Å². The molecule has 0 aliphatic carbocycles. The zero-order valence-corrected chi connectivity index (χ0v) is 9.98. The highest BCUT2D eigenvalue weighted by Crippen LogP contribution is 2.31. The van der Waals surface area contributed by atoms with Gasteiger partial charge in [0.2, 0.25) is 0 Å². The molecule has 0 radical (unpaired) electrons. The average molecular weight is 243 g/mol. The van der Waals surface area contributed by atoms with Crippen LogP contribution in [0.3, 0.4) is 0 Å². The Bertz CT molecular complexity index is 387. The van der Waals surface area contributed by atoms with Gasteiger partial charge in [0.1, 0.15) is 6.29 Å². The molecule has 0 N–H and O–H groups in total. The van der Waals surface area contributed by atoms with Crippen molar-refractivity contribution in [3.63, 3.8) is 0 Å². The molecule has 0 heterocycles. The van der Waals surface area contributed by atoms with Gasteiger partial charge in [0.15, 0.2) is 0 Å². The highest BCUT2D eigenvalue weighted by molar-refractivity contribution is 6.42. The number of allylic oxidation sites excluding steroid dienone is 1. The Kier molecular flexibility index (Phi) is 3.95. The van der Waals surface area contributed by atoms with Gasteiger partial charge in [-0.1, -0.05) is 35.3 Å². The minimum Gasteiger partial charge on any atom is -0.302 e. The summed E-state index contributed by atoms with van der Waals surface area (Å²) < 4.78 is 0. The van der Waals surface area contributed by atoms with E-state index in [1.165, 1.54) is 0 Å². The van der Waals surface area contributed by atoms with Crippen molar-refractivity contribution >= 4 is 29.5 Å². The Morgan fingerprint density at radius 3 is 2.53 bits per heavy atom. The van der Waals surface area contributed by atoms with E-state index in [0.717, 1.165) is 11.8 Å². The molecule has 0 saturated carbocycles. The molecule has 1 aromatic rings. The zero-order chi connectivity index (χ0) is 11.5. The molecule has 0 amide bonds. The van der Waals surface area contributed by atoms with Crippen LogP contribution in [0.25, 0.3) is 0 Å². The lowest BCUT2D eigenvalue weighted by Gasteiger charge is -2.22. The summed E-state index contributed by atoms with van der Waals surface area (Å²) in [5.41, 5.74) is 0.280. The zero-order valence-electron chi connectivity index (χ0n) is 8.47. The number of carbonyl (C=O) groups is 1. The predicted molar refractivity (Wildman–Crippen MR) is 64.7 cm³/mol. The largest absolute Gasteiger partial charge is 0.302 e. The molecule has 0 aliphatic heterocycles. The Labute approximate surface area is 99.7 Å². The number of hydrogen-bond donors (Lipinski definition) is 0. The number of hydrogen-bond acceptors (Lipinski definition) is 1. The Morgan fingerprint density at radius 1 is 1.40 bits per heavy atom. The lowest BCUT2D eigenvalue weighted by Crippen LogP contribution is -2.22. The maximum atomic E-state index is 11.1. The van der Waals surface area contributed by atoms with Gasteiger partial charge < -0.3 is 4.79 Å². The molecule has 1 aromatic carbocycles. The summed E-state index contributed by atoms with van der Waals surface area (Å²) in [6.07, 6.45) is 3.21. The second kappa shape index (κ2) is 4.82. The van der Waals surface area contributed by atoms with E-state index in [4.69, 9.17) is 23.2 Å². The fourth-order valence-electron chi connectivity index (χ4n) is 1.39. The molecular weight excluding hydrogens is 231 g/mol. The van der Waals surface area contributed by atoms with Crippen LogP contribution in [-0.2, 0) is 10.2 Å². The normalized spacial score (nSPS) is 14.3. The Balaban J connectivity index is 3.18. The van der Waals surface area contributed by atoms with Crippen LogP contribution in [0, 0.1) is 0 Å². The Morgan fingerprint density at radius 2 is 2.07 bits per heavy atom. The van der Waals surface area contributed by atoms with Crippen LogP contribution in [0.5, 0.6) is 0 Å². The van der Waals surface area contributed by atoms with Gasteiger partial charge in [-0.05, 0) is 31.0 Å². The van der Waals surface area contributed by atoms with E-state index in [0.29, 0.717) is 16.5 Å². The van der Waals surface area contributed by atoms with Gasteiger partial charge in [0, 0.05) is 0 Å². The average Bonchev–Trinajstić information content (AvgIpc) is 2.22. The summed E-state index contributed by atoms with van der Waals surface area (Å²) in [5.74, 6) is 0. The van der Waals surface area contributed by atoms with Crippen LogP contribution in [0.4, 0.5) is 0 Å². The Hall–Kier alpha value is -0.790. The number of rotatable bonds is 4. The van der Waals surface area contributed by atoms with Gasteiger partial charge in [-0.25, -0.2) is 0 Å². The first-order valence-corrected chi connectivity index (χ1v) is 5.32. The standard InChI is InChI=1S/C12H12Cl2O/c1-3-6-12(2,8-15)9-4-5-10(13)11(14)7-9/h3-5,7-8H,1,6H2,2H3. The van der Waals surface area contributed by atoms with E-state index in [2.05, 4.69) is 6.58 Å². The SMILES string of the molecule is C=CCC(C)(C=O)c1ccc(Cl)c(Cl)c1. The van der Waals surface area contributed by atoms with Gasteiger partial charge in [-0.15, -0.1) is 6.58 Å². The summed E-state index contributed by atoms with van der Waals surface area (Å²) in [6.45, 7) is 5.49. The predicted octanol–water partition coefficient (Wildman–Crippen LogP) is 4.03. The van der Waals surface area contributed by atoms with Crippen molar-refractivity contribution in [2.75, 3.05) is 0 Å². The van der Waals surface area contributed by atoms with Crippen LogP contribution in [0.2, 0.25) is 10.0 Å². The molecule has 80 valence electrons. The van der Waals surface area contributed by atoms with Crippen molar-refractivity contribution in [3.05, 3.63) is 46.5 Å². The summed E-state index contributed by atoms with van der Waals surface area (Å²) in [4.78, 5) is 11.1. The molecule has 0 aliphatic rings. The highest BCUT2D eigenvalue weighted by atomic mass is 35.5. The molecule has 15 heavy (non-hydrogen) atoms. The minimum absolute atomic E-state index is 0.464. The number of aldehydes is 1. The van der Waals surface area contributed by atoms with E-state index in [1.54, 1.807) is 18.2 Å². The fourth-order valence-corrected chi connectivity index (χ4v) is 1.68. The first kappa shape index (κ1) is 12.3. The molecule has 3 heteroatoms. The van der Waals surface area contributed by atoms with Gasteiger partial charge in [0.25, 0.3) is 0 Å². The molecule has 1 atom stereocenters. The van der Waals surface area contributed by atoms with Crippen molar-refractivity contribution < 1.29 is 4.79 Å². The molecule has 1 nitrogen and oxygen atoms in total. The van der Waals surface area contributed by atoms with Crippen molar-refractivity contribution in [2.24, 2.45) is 0 Å². The second-order valence-electron chi connectivity index (χ2n) is 3.66. The van der Waals surface area contributed by atoms with Crippen molar-refractivity contribution in [3.8, 4) is 0 Å². The lowest BCUT2D eigenvalue weighted by atomic mass is 9.81. The van der Waals surface area contributed by atoms with Crippen molar-refractivity contribution in [2.45, 2.75) is 18.8 Å². The molecule has 0 spiro atoms. The lowest BCUT2D eigenvalue weighted by molar-refractivity contribution is -0.112. The van der Waals surface area contributed by atoms with Crippen LogP contribution in [0.15, 0.2) is 30.9 Å². The molecule has 0 fully saturated rings. The van der Waals surface area contributed by atoms with Crippen LogP contribution in [-0.4, -0.2) is 6.29 Å². The monoisotopic (exact) mass is 242 g/mol. The first-order chi connectivity index (χ1) is 7.03. The van der Waals surface area contributed by atoms with E-state index >= 15 is 0 Å². The quantitative estimate of drug-likeness (QED) is 0.576.